The second-order valence-corrected chi connectivity index (χ2v) is 7.81. The standard InChI is InChI=1S/C15H9Cl3N2O3S/c16-11-7-6-9(8-12(11)17)20-14(18)13(21)15(19-20)24(22,23)10-4-2-1-3-5-10/h1-8,21H. The molecule has 124 valence electrons. The van der Waals surface area contributed by atoms with Crippen LogP contribution in [0.4, 0.5) is 0 Å². The predicted octanol–water partition coefficient (Wildman–Crippen LogP) is 4.37. The Morgan fingerprint density at radius 3 is 2.25 bits per heavy atom. The summed E-state index contributed by atoms with van der Waals surface area (Å²) in [6, 6.07) is 12.1. The van der Waals surface area contributed by atoms with Crippen molar-refractivity contribution in [2.24, 2.45) is 0 Å². The fraction of sp³-hybridized carbons (Fsp3) is 0. The van der Waals surface area contributed by atoms with Crippen LogP contribution in [0.2, 0.25) is 15.2 Å². The lowest BCUT2D eigenvalue weighted by Crippen LogP contribution is -2.04. The van der Waals surface area contributed by atoms with Crippen LogP contribution in [-0.2, 0) is 9.84 Å². The Kier molecular flexibility index (Phi) is 4.48. The molecule has 0 aliphatic rings. The van der Waals surface area contributed by atoms with Crippen LogP contribution < -0.4 is 0 Å². The molecule has 0 unspecified atom stereocenters. The molecule has 0 spiro atoms. The minimum Gasteiger partial charge on any atom is -0.503 e. The van der Waals surface area contributed by atoms with Crippen molar-refractivity contribution >= 4 is 44.6 Å². The van der Waals surface area contributed by atoms with E-state index in [9.17, 15) is 13.5 Å². The van der Waals surface area contributed by atoms with E-state index in [-0.39, 0.29) is 15.1 Å². The molecule has 3 rings (SSSR count). The zero-order valence-electron chi connectivity index (χ0n) is 11.8. The van der Waals surface area contributed by atoms with E-state index in [0.29, 0.717) is 10.7 Å². The Labute approximate surface area is 152 Å². The number of hydrogen-bond donors (Lipinski definition) is 1. The highest BCUT2D eigenvalue weighted by molar-refractivity contribution is 7.91. The fourth-order valence-corrected chi connectivity index (χ4v) is 3.90. The Hall–Kier alpha value is -1.73. The first-order valence-corrected chi connectivity index (χ1v) is 9.17. The maximum atomic E-state index is 12.6. The molecule has 0 amide bonds. The van der Waals surface area contributed by atoms with E-state index in [1.54, 1.807) is 24.3 Å². The van der Waals surface area contributed by atoms with E-state index < -0.39 is 20.6 Å². The molecule has 1 heterocycles. The van der Waals surface area contributed by atoms with E-state index >= 15 is 0 Å². The fourth-order valence-electron chi connectivity index (χ4n) is 2.05. The van der Waals surface area contributed by atoms with E-state index in [4.69, 9.17) is 34.8 Å². The van der Waals surface area contributed by atoms with Gasteiger partial charge in [0.25, 0.3) is 0 Å². The molecule has 0 fully saturated rings. The van der Waals surface area contributed by atoms with Gasteiger partial charge in [-0.3, -0.25) is 0 Å². The van der Waals surface area contributed by atoms with Gasteiger partial charge in [-0.1, -0.05) is 53.0 Å². The summed E-state index contributed by atoms with van der Waals surface area (Å²) in [6.07, 6.45) is 0. The van der Waals surface area contributed by atoms with Gasteiger partial charge in [0.2, 0.25) is 14.9 Å². The van der Waals surface area contributed by atoms with Gasteiger partial charge in [-0.05, 0) is 30.3 Å². The third-order valence-corrected chi connectivity index (χ3v) is 5.99. The average Bonchev–Trinajstić information content (AvgIpc) is 2.87. The number of rotatable bonds is 3. The number of benzene rings is 2. The van der Waals surface area contributed by atoms with Crippen molar-refractivity contribution in [2.75, 3.05) is 0 Å². The highest BCUT2D eigenvalue weighted by Crippen LogP contribution is 2.36. The maximum Gasteiger partial charge on any atom is 0.229 e. The lowest BCUT2D eigenvalue weighted by atomic mass is 10.3. The van der Waals surface area contributed by atoms with E-state index in [1.807, 2.05) is 0 Å². The number of hydrogen-bond acceptors (Lipinski definition) is 4. The summed E-state index contributed by atoms with van der Waals surface area (Å²) in [6.45, 7) is 0. The van der Waals surface area contributed by atoms with Gasteiger partial charge in [-0.2, -0.15) is 5.10 Å². The summed E-state index contributed by atoms with van der Waals surface area (Å²) in [5.41, 5.74) is 0.360. The number of halogens is 3. The molecular weight excluding hydrogens is 395 g/mol. The van der Waals surface area contributed by atoms with Crippen molar-refractivity contribution in [2.45, 2.75) is 9.92 Å². The molecule has 5 nitrogen and oxygen atoms in total. The molecular formula is C15H9Cl3N2O3S. The molecule has 0 bridgehead atoms. The van der Waals surface area contributed by atoms with Gasteiger partial charge in [-0.25, -0.2) is 13.1 Å². The molecule has 1 aromatic heterocycles. The zero-order valence-corrected chi connectivity index (χ0v) is 14.9. The topological polar surface area (TPSA) is 72.2 Å². The molecule has 0 radical (unpaired) electrons. The minimum atomic E-state index is -4.02. The first-order chi connectivity index (χ1) is 11.3. The van der Waals surface area contributed by atoms with Crippen LogP contribution >= 0.6 is 34.8 Å². The van der Waals surface area contributed by atoms with Crippen LogP contribution in [0.1, 0.15) is 0 Å². The van der Waals surface area contributed by atoms with Gasteiger partial charge in [-0.15, -0.1) is 0 Å². The number of nitrogens with zero attached hydrogens (tertiary/aromatic N) is 2. The number of aromatic nitrogens is 2. The smallest absolute Gasteiger partial charge is 0.229 e. The second kappa shape index (κ2) is 6.29. The summed E-state index contributed by atoms with van der Waals surface area (Å²) >= 11 is 17.9. The first kappa shape index (κ1) is 17.1. The summed E-state index contributed by atoms with van der Waals surface area (Å²) < 4.78 is 26.3. The van der Waals surface area contributed by atoms with Crippen molar-refractivity contribution < 1.29 is 13.5 Å². The van der Waals surface area contributed by atoms with Crippen LogP contribution in [0.3, 0.4) is 0 Å². The number of aromatic hydroxyl groups is 1. The Morgan fingerprint density at radius 2 is 1.62 bits per heavy atom. The second-order valence-electron chi connectivity index (χ2n) is 4.77. The normalized spacial score (nSPS) is 11.6. The highest BCUT2D eigenvalue weighted by Gasteiger charge is 2.29. The van der Waals surface area contributed by atoms with Gasteiger partial charge in [0.1, 0.15) is 0 Å². The summed E-state index contributed by atoms with van der Waals surface area (Å²) in [5.74, 6) is -0.633. The number of sulfone groups is 1. The van der Waals surface area contributed by atoms with Crippen molar-refractivity contribution in [1.29, 1.82) is 0 Å². The maximum absolute atomic E-state index is 12.6. The van der Waals surface area contributed by atoms with Crippen molar-refractivity contribution in [1.82, 2.24) is 9.78 Å². The van der Waals surface area contributed by atoms with Crippen LogP contribution in [0.25, 0.3) is 5.69 Å². The third kappa shape index (κ3) is 2.86. The lowest BCUT2D eigenvalue weighted by Gasteiger charge is -2.04. The first-order valence-electron chi connectivity index (χ1n) is 6.55. The Balaban J connectivity index is 2.18. The van der Waals surface area contributed by atoms with Crippen LogP contribution in [0, 0.1) is 0 Å². The minimum absolute atomic E-state index is 0.00393. The van der Waals surface area contributed by atoms with E-state index in [1.165, 1.54) is 24.3 Å². The summed E-state index contributed by atoms with van der Waals surface area (Å²) in [4.78, 5) is -0.00393. The summed E-state index contributed by atoms with van der Waals surface area (Å²) in [7, 11) is -4.02. The largest absolute Gasteiger partial charge is 0.503 e. The average molecular weight is 404 g/mol. The molecule has 1 N–H and O–H groups in total. The monoisotopic (exact) mass is 402 g/mol. The molecule has 0 saturated carbocycles. The lowest BCUT2D eigenvalue weighted by molar-refractivity contribution is 0.458. The Bertz CT molecular complexity index is 1020. The van der Waals surface area contributed by atoms with Gasteiger partial charge in [0.05, 0.1) is 20.6 Å². The van der Waals surface area contributed by atoms with Gasteiger partial charge in [0, 0.05) is 0 Å². The van der Waals surface area contributed by atoms with Gasteiger partial charge < -0.3 is 5.11 Å². The van der Waals surface area contributed by atoms with Crippen LogP contribution in [0.15, 0.2) is 58.5 Å². The SMILES string of the molecule is O=S(=O)(c1ccccc1)c1nn(-c2ccc(Cl)c(Cl)c2)c(Cl)c1O. The van der Waals surface area contributed by atoms with Crippen LogP contribution in [-0.4, -0.2) is 23.3 Å². The predicted molar refractivity (Wildman–Crippen MR) is 92.2 cm³/mol. The zero-order chi connectivity index (χ0) is 17.5. The highest BCUT2D eigenvalue weighted by atomic mass is 35.5. The van der Waals surface area contributed by atoms with E-state index in [2.05, 4.69) is 5.10 Å². The van der Waals surface area contributed by atoms with Crippen molar-refractivity contribution in [3.05, 3.63) is 63.7 Å². The van der Waals surface area contributed by atoms with Gasteiger partial charge >= 0.3 is 0 Å². The molecule has 0 saturated heterocycles. The summed E-state index contributed by atoms with van der Waals surface area (Å²) in [5, 5.41) is 13.9. The molecule has 9 heteroatoms. The molecule has 0 aliphatic heterocycles. The quantitative estimate of drug-likeness (QED) is 0.705. The van der Waals surface area contributed by atoms with Crippen LogP contribution in [0.5, 0.6) is 5.75 Å². The van der Waals surface area contributed by atoms with Crippen molar-refractivity contribution in [3.63, 3.8) is 0 Å². The molecule has 2 aromatic carbocycles. The molecule has 0 atom stereocenters. The third-order valence-electron chi connectivity index (χ3n) is 3.23. The van der Waals surface area contributed by atoms with Crippen molar-refractivity contribution in [3.8, 4) is 11.4 Å². The van der Waals surface area contributed by atoms with E-state index in [0.717, 1.165) is 4.68 Å². The molecule has 0 aliphatic carbocycles. The Morgan fingerprint density at radius 1 is 0.958 bits per heavy atom. The molecule has 3 aromatic rings. The van der Waals surface area contributed by atoms with Gasteiger partial charge in [0.15, 0.2) is 10.9 Å². The molecule has 24 heavy (non-hydrogen) atoms.